The average molecular weight is 262 g/mol. The Balaban J connectivity index is 1.92. The number of hydrogen-bond donors (Lipinski definition) is 0. The van der Waals surface area contributed by atoms with Crippen LogP contribution in [-0.4, -0.2) is 25.6 Å². The molecule has 0 aliphatic rings. The molecule has 0 saturated heterocycles. The molecule has 0 amide bonds. The van der Waals surface area contributed by atoms with Crippen LogP contribution in [-0.2, 0) is 0 Å². The van der Waals surface area contributed by atoms with Crippen LogP contribution in [0, 0.1) is 0 Å². The zero-order valence-corrected chi connectivity index (χ0v) is 10.5. The number of hydrogen-bond acceptors (Lipinski definition) is 3. The smallest absolute Gasteiger partial charge is 0.244 e. The largest absolute Gasteiger partial charge is 0.370 e. The number of nitrogens with zero attached hydrogens (tertiary/aromatic N) is 4. The van der Waals surface area contributed by atoms with Crippen LogP contribution in [0.4, 0.5) is 4.79 Å². The van der Waals surface area contributed by atoms with E-state index in [2.05, 4.69) is 10.2 Å². The molecule has 0 fully saturated rings. The van der Waals surface area contributed by atoms with Crippen LogP contribution in [0.3, 0.4) is 0 Å². The summed E-state index contributed by atoms with van der Waals surface area (Å²) in [4.78, 5) is 12.6. The van der Waals surface area contributed by atoms with Crippen molar-refractivity contribution in [3.05, 3.63) is 60.9 Å². The van der Waals surface area contributed by atoms with Crippen molar-refractivity contribution in [2.45, 2.75) is 0 Å². The molecule has 20 heavy (non-hydrogen) atoms. The van der Waals surface area contributed by atoms with E-state index in [1.807, 2.05) is 48.5 Å². The van der Waals surface area contributed by atoms with Gasteiger partial charge in [0, 0.05) is 10.8 Å². The predicted octanol–water partition coefficient (Wildman–Crippen LogP) is 2.90. The molecular weight excluding hydrogens is 252 g/mol. The molecule has 5 heteroatoms. The van der Waals surface area contributed by atoms with Crippen molar-refractivity contribution >= 4 is 27.8 Å². The van der Waals surface area contributed by atoms with Crippen LogP contribution in [0.25, 0.3) is 21.8 Å². The van der Waals surface area contributed by atoms with Gasteiger partial charge in [-0.1, -0.05) is 36.4 Å². The fraction of sp³-hybridized carbons (Fsp3) is 0. The van der Waals surface area contributed by atoms with Gasteiger partial charge in [-0.15, -0.1) is 0 Å². The molecule has 2 heterocycles. The Labute approximate surface area is 114 Å². The molecule has 0 N–H and O–H groups in total. The Bertz CT molecular complexity index is 859. The number of fused-ring (bicyclic) bond motifs is 2. The van der Waals surface area contributed by atoms with Crippen molar-refractivity contribution in [2.24, 2.45) is 0 Å². The topological polar surface area (TPSA) is 52.7 Å². The standard InChI is InChI=1S/C15H10N4O/c20-15(18-13-7-3-1-5-11(13)9-16-18)19-14-8-4-2-6-12(14)10-17-19/h1-10H. The highest BCUT2D eigenvalue weighted by Crippen LogP contribution is 2.16. The van der Waals surface area contributed by atoms with Crippen LogP contribution in [0.15, 0.2) is 60.9 Å². The van der Waals surface area contributed by atoms with Gasteiger partial charge < -0.3 is 0 Å². The second-order valence-corrected chi connectivity index (χ2v) is 4.51. The van der Waals surface area contributed by atoms with Crippen molar-refractivity contribution in [3.8, 4) is 0 Å². The maximum atomic E-state index is 12.6. The van der Waals surface area contributed by atoms with Crippen LogP contribution >= 0.6 is 0 Å². The maximum absolute atomic E-state index is 12.6. The number of benzene rings is 2. The summed E-state index contributed by atoms with van der Waals surface area (Å²) in [6, 6.07) is 14.9. The summed E-state index contributed by atoms with van der Waals surface area (Å²) in [6.07, 6.45) is 3.36. The number of rotatable bonds is 0. The molecule has 0 atom stereocenters. The lowest BCUT2D eigenvalue weighted by Crippen LogP contribution is -2.21. The first-order valence-corrected chi connectivity index (χ1v) is 6.25. The highest BCUT2D eigenvalue weighted by molar-refractivity contribution is 5.95. The number of carbonyl (C=O) groups is 1. The minimum atomic E-state index is -0.285. The normalized spacial score (nSPS) is 11.2. The van der Waals surface area contributed by atoms with Gasteiger partial charge in [0.05, 0.1) is 23.4 Å². The second kappa shape index (κ2) is 4.03. The Morgan fingerprint density at radius 1 is 0.750 bits per heavy atom. The van der Waals surface area contributed by atoms with Crippen LogP contribution in [0.2, 0.25) is 0 Å². The third-order valence-corrected chi connectivity index (χ3v) is 3.32. The van der Waals surface area contributed by atoms with Gasteiger partial charge >= 0.3 is 6.03 Å². The van der Waals surface area contributed by atoms with Gasteiger partial charge in [-0.3, -0.25) is 0 Å². The summed E-state index contributed by atoms with van der Waals surface area (Å²) in [6.45, 7) is 0. The lowest BCUT2D eigenvalue weighted by Gasteiger charge is -2.03. The van der Waals surface area contributed by atoms with E-state index in [9.17, 15) is 4.79 Å². The minimum absolute atomic E-state index is 0.285. The number of para-hydroxylation sites is 2. The Hall–Kier alpha value is -2.95. The van der Waals surface area contributed by atoms with Crippen molar-refractivity contribution in [1.29, 1.82) is 0 Å². The van der Waals surface area contributed by atoms with E-state index in [1.165, 1.54) is 9.36 Å². The van der Waals surface area contributed by atoms with Crippen molar-refractivity contribution in [3.63, 3.8) is 0 Å². The fourth-order valence-corrected chi connectivity index (χ4v) is 2.34. The first-order valence-electron chi connectivity index (χ1n) is 6.25. The molecule has 5 nitrogen and oxygen atoms in total. The molecule has 96 valence electrons. The second-order valence-electron chi connectivity index (χ2n) is 4.51. The van der Waals surface area contributed by atoms with Gasteiger partial charge in [0.25, 0.3) is 0 Å². The Morgan fingerprint density at radius 2 is 1.20 bits per heavy atom. The van der Waals surface area contributed by atoms with E-state index in [-0.39, 0.29) is 6.03 Å². The Morgan fingerprint density at radius 3 is 1.70 bits per heavy atom. The molecule has 0 bridgehead atoms. The molecule has 0 aliphatic carbocycles. The van der Waals surface area contributed by atoms with Crippen molar-refractivity contribution in [1.82, 2.24) is 19.6 Å². The molecule has 4 aromatic rings. The summed E-state index contributed by atoms with van der Waals surface area (Å²) in [5.41, 5.74) is 1.55. The first-order chi connectivity index (χ1) is 9.84. The highest BCUT2D eigenvalue weighted by atomic mass is 16.2. The summed E-state index contributed by atoms with van der Waals surface area (Å²) >= 11 is 0. The molecule has 0 aliphatic heterocycles. The lowest BCUT2D eigenvalue weighted by atomic mass is 10.2. The monoisotopic (exact) mass is 262 g/mol. The SMILES string of the molecule is O=C(n1ncc2ccccc21)n1ncc2ccccc21. The third kappa shape index (κ3) is 1.46. The van der Waals surface area contributed by atoms with Crippen LogP contribution in [0.1, 0.15) is 0 Å². The quantitative estimate of drug-likeness (QED) is 0.489. The van der Waals surface area contributed by atoms with Gasteiger partial charge in [0.2, 0.25) is 0 Å². The van der Waals surface area contributed by atoms with Crippen LogP contribution < -0.4 is 0 Å². The Kier molecular flexibility index (Phi) is 2.20. The van der Waals surface area contributed by atoms with Gasteiger partial charge in [-0.25, -0.2) is 4.79 Å². The number of aromatic nitrogens is 4. The van der Waals surface area contributed by atoms with Gasteiger partial charge in [0.15, 0.2) is 0 Å². The zero-order valence-electron chi connectivity index (χ0n) is 10.5. The van der Waals surface area contributed by atoms with Gasteiger partial charge in [-0.2, -0.15) is 19.6 Å². The van der Waals surface area contributed by atoms with E-state index in [0.29, 0.717) is 0 Å². The van der Waals surface area contributed by atoms with Gasteiger partial charge in [0.1, 0.15) is 0 Å². The van der Waals surface area contributed by atoms with E-state index in [1.54, 1.807) is 12.4 Å². The summed E-state index contributed by atoms with van der Waals surface area (Å²) < 4.78 is 2.74. The summed E-state index contributed by atoms with van der Waals surface area (Å²) in [7, 11) is 0. The van der Waals surface area contributed by atoms with Gasteiger partial charge in [-0.05, 0) is 12.1 Å². The maximum Gasteiger partial charge on any atom is 0.370 e. The predicted molar refractivity (Wildman–Crippen MR) is 75.7 cm³/mol. The van der Waals surface area contributed by atoms with E-state index in [4.69, 9.17) is 0 Å². The molecular formula is C15H10N4O. The van der Waals surface area contributed by atoms with Crippen LogP contribution in [0.5, 0.6) is 0 Å². The van der Waals surface area contributed by atoms with E-state index < -0.39 is 0 Å². The molecule has 0 spiro atoms. The van der Waals surface area contributed by atoms with Crippen molar-refractivity contribution < 1.29 is 4.79 Å². The average Bonchev–Trinajstić information content (AvgIpc) is 3.11. The molecule has 0 radical (unpaired) electrons. The van der Waals surface area contributed by atoms with Crippen molar-refractivity contribution in [2.75, 3.05) is 0 Å². The first kappa shape index (κ1) is 10.9. The highest BCUT2D eigenvalue weighted by Gasteiger charge is 2.15. The number of carbonyl (C=O) groups excluding carboxylic acids is 1. The molecule has 0 saturated carbocycles. The summed E-state index contributed by atoms with van der Waals surface area (Å²) in [5, 5.41) is 10.2. The molecule has 4 rings (SSSR count). The molecule has 2 aromatic heterocycles. The van der Waals surface area contributed by atoms with E-state index in [0.717, 1.165) is 21.8 Å². The molecule has 2 aromatic carbocycles. The molecule has 0 unspecified atom stereocenters. The van der Waals surface area contributed by atoms with E-state index >= 15 is 0 Å². The third-order valence-electron chi connectivity index (χ3n) is 3.32. The minimum Gasteiger partial charge on any atom is -0.244 e. The summed E-state index contributed by atoms with van der Waals surface area (Å²) in [5.74, 6) is 0. The lowest BCUT2D eigenvalue weighted by molar-refractivity contribution is 0.240. The fourth-order valence-electron chi connectivity index (χ4n) is 2.34. The zero-order chi connectivity index (χ0) is 13.5.